The first kappa shape index (κ1) is 23.0. The maximum absolute atomic E-state index is 11.8. The van der Waals surface area contributed by atoms with E-state index in [4.69, 9.17) is 0 Å². The molecule has 0 radical (unpaired) electrons. The van der Waals surface area contributed by atoms with Gasteiger partial charge in [-0.2, -0.15) is 13.2 Å². The van der Waals surface area contributed by atoms with E-state index in [0.29, 0.717) is 13.0 Å². The fourth-order valence-electron chi connectivity index (χ4n) is 1.51. The van der Waals surface area contributed by atoms with Gasteiger partial charge in [-0.05, 0) is 19.8 Å². The number of alkyl halides is 3. The highest BCUT2D eigenvalue weighted by Crippen LogP contribution is 2.14. The topological polar surface area (TPSA) is 36.9 Å². The van der Waals surface area contributed by atoms with Crippen LogP contribution in [0.1, 0.15) is 33.1 Å². The molecule has 0 aliphatic rings. The summed E-state index contributed by atoms with van der Waals surface area (Å²) >= 11 is 0. The fraction of sp³-hybridized carbons (Fsp3) is 0.923. The van der Waals surface area contributed by atoms with Crippen molar-refractivity contribution >= 4 is 29.9 Å². The zero-order chi connectivity index (χ0) is 15.4. The molecule has 0 aromatic heterocycles. The molecule has 0 unspecified atom stereocenters. The molecule has 0 atom stereocenters. The van der Waals surface area contributed by atoms with Crippen molar-refractivity contribution in [2.75, 3.05) is 39.9 Å². The number of nitrogens with one attached hydrogen (secondary N) is 1. The van der Waals surface area contributed by atoms with Crippen molar-refractivity contribution in [2.45, 2.75) is 39.3 Å². The number of rotatable bonds is 9. The minimum absolute atomic E-state index is 0. The van der Waals surface area contributed by atoms with Gasteiger partial charge in [-0.3, -0.25) is 4.99 Å². The molecule has 0 aromatic carbocycles. The van der Waals surface area contributed by atoms with Crippen molar-refractivity contribution in [2.24, 2.45) is 4.99 Å². The summed E-state index contributed by atoms with van der Waals surface area (Å²) in [5.41, 5.74) is 0. The normalized spacial score (nSPS) is 12.0. The minimum atomic E-state index is -4.25. The van der Waals surface area contributed by atoms with Gasteiger partial charge in [0.25, 0.3) is 0 Å². The lowest BCUT2D eigenvalue weighted by molar-refractivity contribution is -0.173. The van der Waals surface area contributed by atoms with E-state index >= 15 is 0 Å². The molecule has 1 N–H and O–H groups in total. The van der Waals surface area contributed by atoms with Crippen molar-refractivity contribution in [1.82, 2.24) is 10.2 Å². The monoisotopic (exact) mass is 425 g/mol. The number of hydrogen-bond acceptors (Lipinski definition) is 2. The van der Waals surface area contributed by atoms with Crippen molar-refractivity contribution < 1.29 is 17.9 Å². The van der Waals surface area contributed by atoms with Crippen molar-refractivity contribution in [1.29, 1.82) is 0 Å². The summed E-state index contributed by atoms with van der Waals surface area (Å²) in [5, 5.41) is 3.16. The van der Waals surface area contributed by atoms with Crippen LogP contribution >= 0.6 is 24.0 Å². The molecule has 0 fully saturated rings. The molecule has 8 heteroatoms. The molecular formula is C13H27F3IN3O. The Morgan fingerprint density at radius 2 is 1.90 bits per heavy atom. The molecule has 0 amide bonds. The Labute approximate surface area is 142 Å². The van der Waals surface area contributed by atoms with Crippen LogP contribution in [-0.4, -0.2) is 56.9 Å². The summed E-state index contributed by atoms with van der Waals surface area (Å²) in [7, 11) is 1.96. The molecule has 0 saturated carbocycles. The van der Waals surface area contributed by atoms with E-state index in [0.717, 1.165) is 31.9 Å². The van der Waals surface area contributed by atoms with Crippen LogP contribution < -0.4 is 5.32 Å². The Kier molecular flexibility index (Phi) is 14.7. The average Bonchev–Trinajstić information content (AvgIpc) is 2.37. The van der Waals surface area contributed by atoms with Gasteiger partial charge in [0.2, 0.25) is 0 Å². The fourth-order valence-corrected chi connectivity index (χ4v) is 1.51. The Balaban J connectivity index is 0. The van der Waals surface area contributed by atoms with E-state index in [1.165, 1.54) is 0 Å². The van der Waals surface area contributed by atoms with Gasteiger partial charge in [-0.1, -0.05) is 13.3 Å². The molecule has 0 bridgehead atoms. The van der Waals surface area contributed by atoms with Gasteiger partial charge in [-0.25, -0.2) is 0 Å². The first-order valence-electron chi connectivity index (χ1n) is 7.04. The van der Waals surface area contributed by atoms with Crippen molar-refractivity contribution in [3.63, 3.8) is 0 Å². The zero-order valence-corrected chi connectivity index (χ0v) is 15.3. The second-order valence-corrected chi connectivity index (χ2v) is 4.53. The Morgan fingerprint density at radius 1 is 1.24 bits per heavy atom. The highest BCUT2D eigenvalue weighted by molar-refractivity contribution is 14.0. The molecule has 0 aliphatic heterocycles. The van der Waals surface area contributed by atoms with E-state index in [9.17, 15) is 13.2 Å². The maximum Gasteiger partial charge on any atom is 0.411 e. The Bertz CT molecular complexity index is 276. The number of aliphatic imine (C=N–C) groups is 1. The smallest absolute Gasteiger partial charge is 0.372 e. The maximum atomic E-state index is 11.8. The third kappa shape index (κ3) is 14.5. The van der Waals surface area contributed by atoms with Crippen LogP contribution in [0.5, 0.6) is 0 Å². The number of ether oxygens (including phenoxy) is 1. The van der Waals surface area contributed by atoms with Gasteiger partial charge < -0.3 is 15.0 Å². The average molecular weight is 425 g/mol. The van der Waals surface area contributed by atoms with Crippen LogP contribution in [-0.2, 0) is 4.74 Å². The van der Waals surface area contributed by atoms with Gasteiger partial charge in [0, 0.05) is 33.3 Å². The first-order chi connectivity index (χ1) is 9.40. The molecule has 0 spiro atoms. The van der Waals surface area contributed by atoms with E-state index < -0.39 is 12.8 Å². The zero-order valence-electron chi connectivity index (χ0n) is 13.0. The molecule has 0 saturated heterocycles. The number of unbranched alkanes of at least 4 members (excludes halogenated alkanes) is 1. The van der Waals surface area contributed by atoms with E-state index in [1.54, 1.807) is 0 Å². The van der Waals surface area contributed by atoms with Crippen molar-refractivity contribution in [3.8, 4) is 0 Å². The Morgan fingerprint density at radius 3 is 2.43 bits per heavy atom. The van der Waals surface area contributed by atoms with Gasteiger partial charge in [0.1, 0.15) is 6.61 Å². The standard InChI is InChI=1S/C13H26F3N3O.HI/c1-4-6-9-19(3)12(17-5-2)18-8-7-10-20-11-13(14,15)16;/h4-11H2,1-3H3,(H,17,18);1H. The van der Waals surface area contributed by atoms with E-state index in [-0.39, 0.29) is 30.6 Å². The van der Waals surface area contributed by atoms with Crippen LogP contribution in [0.15, 0.2) is 4.99 Å². The second kappa shape index (κ2) is 13.4. The highest BCUT2D eigenvalue weighted by Gasteiger charge is 2.27. The SMILES string of the molecule is CCCCN(C)C(=NCCCOCC(F)(F)F)NCC.I. The predicted octanol–water partition coefficient (Wildman–Crippen LogP) is 3.27. The third-order valence-corrected chi connectivity index (χ3v) is 2.52. The molecular weight excluding hydrogens is 398 g/mol. The summed E-state index contributed by atoms with van der Waals surface area (Å²) in [6, 6.07) is 0. The Hall–Kier alpha value is -0.250. The molecule has 21 heavy (non-hydrogen) atoms. The largest absolute Gasteiger partial charge is 0.411 e. The second-order valence-electron chi connectivity index (χ2n) is 4.53. The number of nitrogens with zero attached hydrogens (tertiary/aromatic N) is 2. The molecule has 4 nitrogen and oxygen atoms in total. The van der Waals surface area contributed by atoms with Crippen molar-refractivity contribution in [3.05, 3.63) is 0 Å². The van der Waals surface area contributed by atoms with Crippen LogP contribution in [0.25, 0.3) is 0 Å². The first-order valence-corrected chi connectivity index (χ1v) is 7.04. The predicted molar refractivity (Wildman–Crippen MR) is 90.4 cm³/mol. The molecule has 0 heterocycles. The van der Waals surface area contributed by atoms with E-state index in [2.05, 4.69) is 22.0 Å². The summed E-state index contributed by atoms with van der Waals surface area (Å²) < 4.78 is 40.1. The van der Waals surface area contributed by atoms with E-state index in [1.807, 2.05) is 18.9 Å². The lowest BCUT2D eigenvalue weighted by atomic mass is 10.3. The summed E-state index contributed by atoms with van der Waals surface area (Å²) in [5.74, 6) is 0.789. The molecule has 0 aromatic rings. The van der Waals surface area contributed by atoms with Gasteiger partial charge in [0.15, 0.2) is 5.96 Å². The summed E-state index contributed by atoms with van der Waals surface area (Å²) in [6.07, 6.45) is -1.59. The van der Waals surface area contributed by atoms with Gasteiger partial charge in [-0.15, -0.1) is 24.0 Å². The summed E-state index contributed by atoms with van der Waals surface area (Å²) in [4.78, 5) is 6.40. The number of guanidine groups is 1. The van der Waals surface area contributed by atoms with Gasteiger partial charge in [0.05, 0.1) is 0 Å². The van der Waals surface area contributed by atoms with Crippen LogP contribution in [0.4, 0.5) is 13.2 Å². The highest BCUT2D eigenvalue weighted by atomic mass is 127. The van der Waals surface area contributed by atoms with Crippen LogP contribution in [0, 0.1) is 0 Å². The lowest BCUT2D eigenvalue weighted by Crippen LogP contribution is -2.39. The summed E-state index contributed by atoms with van der Waals surface area (Å²) in [6.45, 7) is 5.11. The number of hydrogen-bond donors (Lipinski definition) is 1. The third-order valence-electron chi connectivity index (χ3n) is 2.52. The number of halogens is 4. The van der Waals surface area contributed by atoms with Gasteiger partial charge >= 0.3 is 6.18 Å². The molecule has 0 rings (SSSR count). The molecule has 128 valence electrons. The quantitative estimate of drug-likeness (QED) is 0.267. The molecule has 0 aliphatic carbocycles. The lowest BCUT2D eigenvalue weighted by Gasteiger charge is -2.21. The van der Waals surface area contributed by atoms with Crippen LogP contribution in [0.3, 0.4) is 0 Å². The minimum Gasteiger partial charge on any atom is -0.372 e. The van der Waals surface area contributed by atoms with Crippen LogP contribution in [0.2, 0.25) is 0 Å².